The van der Waals surface area contributed by atoms with Gasteiger partial charge in [-0.15, -0.1) is 0 Å². The Hall–Kier alpha value is -1.10. The van der Waals surface area contributed by atoms with Crippen LogP contribution in [-0.4, -0.2) is 31.4 Å². The van der Waals surface area contributed by atoms with Gasteiger partial charge in [0.2, 0.25) is 11.8 Å². The van der Waals surface area contributed by atoms with Gasteiger partial charge in [0.05, 0.1) is 6.54 Å². The van der Waals surface area contributed by atoms with Gasteiger partial charge in [0.1, 0.15) is 0 Å². The van der Waals surface area contributed by atoms with E-state index in [1.54, 1.807) is 0 Å². The molecule has 0 rings (SSSR count). The van der Waals surface area contributed by atoms with E-state index in [9.17, 15) is 9.59 Å². The van der Waals surface area contributed by atoms with Gasteiger partial charge >= 0.3 is 0 Å². The van der Waals surface area contributed by atoms with Crippen LogP contribution in [0.5, 0.6) is 0 Å². The maximum Gasteiger partial charge on any atom is 0.239 e. The molecule has 0 aromatic carbocycles. The Balaban J connectivity index is 3.76. The summed E-state index contributed by atoms with van der Waals surface area (Å²) in [4.78, 5) is 22.6. The lowest BCUT2D eigenvalue weighted by Gasteiger charge is -2.23. The molecule has 4 N–H and O–H groups in total. The van der Waals surface area contributed by atoms with Crippen LogP contribution in [0.1, 0.15) is 40.0 Å². The van der Waals surface area contributed by atoms with E-state index in [0.717, 1.165) is 12.8 Å². The number of hydrogen-bond acceptors (Lipinski definition) is 3. The van der Waals surface area contributed by atoms with Crippen molar-refractivity contribution in [1.29, 1.82) is 0 Å². The predicted molar refractivity (Wildman–Crippen MR) is 68.4 cm³/mol. The third-order valence-corrected chi connectivity index (χ3v) is 2.67. The smallest absolute Gasteiger partial charge is 0.239 e. The van der Waals surface area contributed by atoms with Gasteiger partial charge in [0.15, 0.2) is 0 Å². The Morgan fingerprint density at radius 2 is 1.76 bits per heavy atom. The Labute approximate surface area is 104 Å². The molecule has 0 atom stereocenters. The first-order valence-electron chi connectivity index (χ1n) is 6.14. The highest BCUT2D eigenvalue weighted by Gasteiger charge is 2.18. The molecule has 0 aliphatic heterocycles. The molecule has 0 aromatic heterocycles. The number of likely N-dealkylation sites (N-methyl/N-ethyl adjacent to an activating group) is 1. The van der Waals surface area contributed by atoms with E-state index >= 15 is 0 Å². The lowest BCUT2D eigenvalue weighted by Crippen LogP contribution is -2.37. The summed E-state index contributed by atoms with van der Waals surface area (Å²) in [6.07, 6.45) is 2.12. The molecule has 0 bridgehead atoms. The maximum absolute atomic E-state index is 11.5. The van der Waals surface area contributed by atoms with Crippen molar-refractivity contribution in [1.82, 2.24) is 10.6 Å². The Bertz CT molecular complexity index is 252. The molecule has 5 heteroatoms. The number of hydrogen-bond donors (Lipinski definition) is 3. The van der Waals surface area contributed by atoms with E-state index in [1.165, 1.54) is 0 Å². The minimum absolute atomic E-state index is 0.0595. The summed E-state index contributed by atoms with van der Waals surface area (Å²) in [5, 5.41) is 5.22. The fourth-order valence-electron chi connectivity index (χ4n) is 1.49. The number of rotatable bonds is 8. The molecule has 0 heterocycles. The largest absolute Gasteiger partial charge is 0.355 e. The van der Waals surface area contributed by atoms with E-state index in [-0.39, 0.29) is 23.8 Å². The molecule has 0 fully saturated rings. The first kappa shape index (κ1) is 15.9. The zero-order valence-corrected chi connectivity index (χ0v) is 11.1. The third-order valence-electron chi connectivity index (χ3n) is 2.67. The van der Waals surface area contributed by atoms with Crippen molar-refractivity contribution >= 4 is 11.8 Å². The first-order valence-corrected chi connectivity index (χ1v) is 6.14. The van der Waals surface area contributed by atoms with Crippen molar-refractivity contribution < 1.29 is 9.59 Å². The summed E-state index contributed by atoms with van der Waals surface area (Å²) in [6, 6.07) is 0. The molecule has 0 aliphatic carbocycles. The van der Waals surface area contributed by atoms with Crippen LogP contribution in [0, 0.1) is 5.41 Å². The van der Waals surface area contributed by atoms with Crippen molar-refractivity contribution in [2.24, 2.45) is 11.1 Å². The van der Waals surface area contributed by atoms with Crippen LogP contribution < -0.4 is 16.4 Å². The van der Waals surface area contributed by atoms with Gasteiger partial charge in [0, 0.05) is 13.0 Å². The van der Waals surface area contributed by atoms with Crippen molar-refractivity contribution in [2.45, 2.75) is 40.0 Å². The summed E-state index contributed by atoms with van der Waals surface area (Å²) in [7, 11) is 0. The van der Waals surface area contributed by atoms with E-state index < -0.39 is 0 Å². The highest BCUT2D eigenvalue weighted by Crippen LogP contribution is 2.25. The fraction of sp³-hybridized carbons (Fsp3) is 0.833. The van der Waals surface area contributed by atoms with Gasteiger partial charge in [-0.05, 0) is 31.7 Å². The van der Waals surface area contributed by atoms with Gasteiger partial charge in [-0.3, -0.25) is 9.59 Å². The Morgan fingerprint density at radius 3 is 2.29 bits per heavy atom. The summed E-state index contributed by atoms with van der Waals surface area (Å²) in [5.74, 6) is -0.233. The molecular formula is C12H25N3O2. The van der Waals surface area contributed by atoms with Gasteiger partial charge in [-0.25, -0.2) is 0 Å². The quantitative estimate of drug-likeness (QED) is 0.576. The van der Waals surface area contributed by atoms with Crippen LogP contribution in [0.25, 0.3) is 0 Å². The van der Waals surface area contributed by atoms with Crippen LogP contribution in [-0.2, 0) is 9.59 Å². The molecule has 17 heavy (non-hydrogen) atoms. The molecular weight excluding hydrogens is 218 g/mol. The second kappa shape index (κ2) is 8.06. The summed E-state index contributed by atoms with van der Waals surface area (Å²) in [6.45, 7) is 7.30. The summed E-state index contributed by atoms with van der Waals surface area (Å²) < 4.78 is 0. The third kappa shape index (κ3) is 8.68. The minimum Gasteiger partial charge on any atom is -0.355 e. The molecule has 5 nitrogen and oxygen atoms in total. The van der Waals surface area contributed by atoms with E-state index in [0.29, 0.717) is 19.5 Å². The lowest BCUT2D eigenvalue weighted by molar-refractivity contribution is -0.126. The van der Waals surface area contributed by atoms with Gasteiger partial charge in [0.25, 0.3) is 0 Å². The van der Waals surface area contributed by atoms with Crippen LogP contribution in [0.4, 0.5) is 0 Å². The van der Waals surface area contributed by atoms with Crippen LogP contribution in [0.2, 0.25) is 0 Å². The normalized spacial score (nSPS) is 11.1. The van der Waals surface area contributed by atoms with Crippen molar-refractivity contribution in [3.8, 4) is 0 Å². The standard InChI is InChI=1S/C12H25N3O2/c1-4-14-11(17)9-15-10(16)5-6-12(2,3)7-8-13/h4-9,13H2,1-3H3,(H,14,17)(H,15,16). The molecule has 0 aromatic rings. The number of carbonyl (C=O) groups excluding carboxylic acids is 2. The number of carbonyl (C=O) groups is 2. The lowest BCUT2D eigenvalue weighted by atomic mass is 9.84. The molecule has 0 spiro atoms. The topological polar surface area (TPSA) is 84.2 Å². The molecule has 0 unspecified atom stereocenters. The first-order chi connectivity index (χ1) is 7.91. The van der Waals surface area contributed by atoms with E-state index in [2.05, 4.69) is 24.5 Å². The number of amides is 2. The van der Waals surface area contributed by atoms with Crippen molar-refractivity contribution in [3.63, 3.8) is 0 Å². The van der Waals surface area contributed by atoms with Gasteiger partial charge in [-0.2, -0.15) is 0 Å². The second-order valence-corrected chi connectivity index (χ2v) is 4.93. The van der Waals surface area contributed by atoms with Crippen LogP contribution >= 0.6 is 0 Å². The molecule has 0 saturated heterocycles. The highest BCUT2D eigenvalue weighted by molar-refractivity contribution is 5.84. The van der Waals surface area contributed by atoms with Gasteiger partial charge < -0.3 is 16.4 Å². The second-order valence-electron chi connectivity index (χ2n) is 4.93. The number of nitrogens with two attached hydrogens (primary N) is 1. The van der Waals surface area contributed by atoms with Crippen molar-refractivity contribution in [3.05, 3.63) is 0 Å². The van der Waals surface area contributed by atoms with E-state index in [4.69, 9.17) is 5.73 Å². The SMILES string of the molecule is CCNC(=O)CNC(=O)CCC(C)(C)CCN. The monoisotopic (exact) mass is 243 g/mol. The molecule has 100 valence electrons. The maximum atomic E-state index is 11.5. The zero-order valence-electron chi connectivity index (χ0n) is 11.1. The fourth-order valence-corrected chi connectivity index (χ4v) is 1.49. The van der Waals surface area contributed by atoms with Crippen molar-refractivity contribution in [2.75, 3.05) is 19.6 Å². The summed E-state index contributed by atoms with van der Waals surface area (Å²) in [5.41, 5.74) is 5.58. The highest BCUT2D eigenvalue weighted by atomic mass is 16.2. The Morgan fingerprint density at radius 1 is 1.12 bits per heavy atom. The van der Waals surface area contributed by atoms with E-state index in [1.807, 2.05) is 6.92 Å². The molecule has 0 radical (unpaired) electrons. The average molecular weight is 243 g/mol. The molecule has 2 amide bonds. The van der Waals surface area contributed by atoms with Crippen LogP contribution in [0.3, 0.4) is 0 Å². The molecule has 0 aliphatic rings. The summed E-state index contributed by atoms with van der Waals surface area (Å²) >= 11 is 0. The zero-order chi connectivity index (χ0) is 13.3. The average Bonchev–Trinajstić information content (AvgIpc) is 2.24. The number of nitrogens with one attached hydrogen (secondary N) is 2. The Kier molecular flexibility index (Phi) is 7.54. The van der Waals surface area contributed by atoms with Crippen LogP contribution in [0.15, 0.2) is 0 Å². The van der Waals surface area contributed by atoms with Gasteiger partial charge in [-0.1, -0.05) is 13.8 Å². The predicted octanol–water partition coefficient (Wildman–Crippen LogP) is 0.394. The molecule has 0 saturated carbocycles. The minimum atomic E-state index is -0.151.